The molecule has 0 radical (unpaired) electrons. The molecule has 1 fully saturated rings. The van der Waals surface area contributed by atoms with Gasteiger partial charge < -0.3 is 15.5 Å². The number of nitrogens with one attached hydrogen (secondary N) is 1. The van der Waals surface area contributed by atoms with E-state index in [2.05, 4.69) is 50.4 Å². The number of carbonyl (C=O) groups is 1. The van der Waals surface area contributed by atoms with Crippen LogP contribution in [0.1, 0.15) is 69.5 Å². The smallest absolute Gasteiger partial charge is 0.306 e. The van der Waals surface area contributed by atoms with Crippen molar-refractivity contribution >= 4 is 5.97 Å². The Morgan fingerprint density at radius 3 is 2.17 bits per heavy atom. The van der Waals surface area contributed by atoms with Gasteiger partial charge in [0.2, 0.25) is 0 Å². The van der Waals surface area contributed by atoms with Crippen molar-refractivity contribution in [3.05, 3.63) is 35.4 Å². The Balaban J connectivity index is 1.86. The van der Waals surface area contributed by atoms with E-state index in [4.69, 9.17) is 5.11 Å². The second-order valence-corrected chi connectivity index (χ2v) is 7.26. The van der Waals surface area contributed by atoms with Gasteiger partial charge in [-0.3, -0.25) is 4.79 Å². The molecule has 23 heavy (non-hydrogen) atoms. The molecule has 2 rings (SSSR count). The van der Waals surface area contributed by atoms with E-state index in [1.807, 2.05) is 0 Å². The molecular formula is C19H29NO3. The van der Waals surface area contributed by atoms with Crippen LogP contribution in [0.25, 0.3) is 0 Å². The Morgan fingerprint density at radius 2 is 1.70 bits per heavy atom. The number of carboxylic acids is 1. The molecule has 0 amide bonds. The van der Waals surface area contributed by atoms with E-state index in [-0.39, 0.29) is 12.0 Å². The summed E-state index contributed by atoms with van der Waals surface area (Å²) >= 11 is 0. The Hall–Kier alpha value is -1.39. The molecule has 4 nitrogen and oxygen atoms in total. The maximum absolute atomic E-state index is 11.0. The largest absolute Gasteiger partial charge is 0.481 e. The summed E-state index contributed by atoms with van der Waals surface area (Å²) in [5, 5.41) is 23.1. The van der Waals surface area contributed by atoms with E-state index in [1.54, 1.807) is 0 Å². The van der Waals surface area contributed by atoms with Gasteiger partial charge in [-0.2, -0.15) is 0 Å². The van der Waals surface area contributed by atoms with Gasteiger partial charge in [0.1, 0.15) is 0 Å². The maximum atomic E-state index is 11.0. The van der Waals surface area contributed by atoms with Gasteiger partial charge >= 0.3 is 5.97 Å². The molecule has 3 N–H and O–H groups in total. The normalized spacial score (nSPS) is 26.2. The molecule has 1 unspecified atom stereocenters. The molecule has 1 aromatic carbocycles. The highest BCUT2D eigenvalue weighted by molar-refractivity contribution is 5.70. The first-order valence-electron chi connectivity index (χ1n) is 8.59. The highest BCUT2D eigenvalue weighted by atomic mass is 16.4. The first-order chi connectivity index (χ1) is 10.8. The van der Waals surface area contributed by atoms with Crippen LogP contribution in [0.15, 0.2) is 24.3 Å². The first-order valence-corrected chi connectivity index (χ1v) is 8.59. The molecule has 4 heteroatoms. The molecule has 0 saturated heterocycles. The fourth-order valence-corrected chi connectivity index (χ4v) is 3.21. The summed E-state index contributed by atoms with van der Waals surface area (Å²) < 4.78 is 0. The van der Waals surface area contributed by atoms with Crippen LogP contribution in [0.5, 0.6) is 0 Å². The average molecular weight is 319 g/mol. The van der Waals surface area contributed by atoms with Crippen molar-refractivity contribution in [2.45, 2.75) is 64.0 Å². The zero-order valence-corrected chi connectivity index (χ0v) is 14.4. The zero-order chi connectivity index (χ0) is 17.0. The number of hydrogen-bond acceptors (Lipinski definition) is 3. The van der Waals surface area contributed by atoms with Crippen molar-refractivity contribution in [3.63, 3.8) is 0 Å². The molecule has 1 atom stereocenters. The standard InChI is InChI=1S/C19H29NO3/c1-13(2)15-4-6-16(7-5-15)14(3)20-12-19(23)10-8-17(9-11-19)18(21)22/h4-7,13-14,17,20,23H,8-12H2,1-3H3,(H,21,22). The predicted molar refractivity (Wildman–Crippen MR) is 91.5 cm³/mol. The second-order valence-electron chi connectivity index (χ2n) is 7.26. The predicted octanol–water partition coefficient (Wildman–Crippen LogP) is 3.47. The summed E-state index contributed by atoms with van der Waals surface area (Å²) in [5.74, 6) is -0.507. The minimum Gasteiger partial charge on any atom is -0.481 e. The lowest BCUT2D eigenvalue weighted by molar-refractivity contribution is -0.144. The van der Waals surface area contributed by atoms with Crippen LogP contribution in [0.4, 0.5) is 0 Å². The molecule has 1 aromatic rings. The van der Waals surface area contributed by atoms with Crippen LogP contribution in [0.2, 0.25) is 0 Å². The summed E-state index contributed by atoms with van der Waals surface area (Å²) in [5.41, 5.74) is 1.75. The number of carboxylic acid groups (broad SMARTS) is 1. The Kier molecular flexibility index (Phi) is 5.82. The molecule has 0 spiro atoms. The van der Waals surface area contributed by atoms with E-state index in [0.717, 1.165) is 0 Å². The molecule has 0 bridgehead atoms. The molecular weight excluding hydrogens is 290 g/mol. The molecule has 0 aromatic heterocycles. The lowest BCUT2D eigenvalue weighted by Gasteiger charge is -2.35. The third-order valence-corrected chi connectivity index (χ3v) is 5.11. The van der Waals surface area contributed by atoms with E-state index in [9.17, 15) is 9.90 Å². The van der Waals surface area contributed by atoms with Crippen molar-refractivity contribution in [1.29, 1.82) is 0 Å². The van der Waals surface area contributed by atoms with Crippen LogP contribution >= 0.6 is 0 Å². The Morgan fingerprint density at radius 1 is 1.17 bits per heavy atom. The highest BCUT2D eigenvalue weighted by Gasteiger charge is 2.35. The van der Waals surface area contributed by atoms with Crippen molar-refractivity contribution in [2.75, 3.05) is 6.54 Å². The van der Waals surface area contributed by atoms with Gasteiger partial charge in [-0.15, -0.1) is 0 Å². The minimum atomic E-state index is -0.780. The number of rotatable bonds is 6. The van der Waals surface area contributed by atoms with Crippen LogP contribution in [0, 0.1) is 5.92 Å². The Labute approximate surface area is 138 Å². The lowest BCUT2D eigenvalue weighted by Crippen LogP contribution is -2.45. The van der Waals surface area contributed by atoms with Crippen molar-refractivity contribution < 1.29 is 15.0 Å². The Bertz CT molecular complexity index is 516. The summed E-state index contributed by atoms with van der Waals surface area (Å²) in [6.45, 7) is 6.96. The molecule has 0 heterocycles. The highest BCUT2D eigenvalue weighted by Crippen LogP contribution is 2.32. The van der Waals surface area contributed by atoms with Gasteiger partial charge in [0.15, 0.2) is 0 Å². The number of aliphatic carboxylic acids is 1. The average Bonchev–Trinajstić information content (AvgIpc) is 2.53. The van der Waals surface area contributed by atoms with Crippen molar-refractivity contribution in [2.24, 2.45) is 5.92 Å². The monoisotopic (exact) mass is 319 g/mol. The summed E-state index contributed by atoms with van der Waals surface area (Å²) in [6, 6.07) is 8.75. The van der Waals surface area contributed by atoms with Gasteiger partial charge in [-0.05, 0) is 49.7 Å². The van der Waals surface area contributed by atoms with Crippen molar-refractivity contribution in [3.8, 4) is 0 Å². The van der Waals surface area contributed by atoms with Gasteiger partial charge in [-0.1, -0.05) is 38.1 Å². The summed E-state index contributed by atoms with van der Waals surface area (Å²) in [6.07, 6.45) is 2.22. The molecule has 0 aliphatic heterocycles. The van der Waals surface area contributed by atoms with Gasteiger partial charge in [0, 0.05) is 12.6 Å². The number of aliphatic hydroxyl groups is 1. The SMILES string of the molecule is CC(C)c1ccc(C(C)NCC2(O)CCC(C(=O)O)CC2)cc1. The summed E-state index contributed by atoms with van der Waals surface area (Å²) in [4.78, 5) is 11.0. The van der Waals surface area contributed by atoms with Crippen LogP contribution in [-0.2, 0) is 4.79 Å². The molecule has 1 aliphatic carbocycles. The fraction of sp³-hybridized carbons (Fsp3) is 0.632. The third-order valence-electron chi connectivity index (χ3n) is 5.11. The van der Waals surface area contributed by atoms with E-state index < -0.39 is 11.6 Å². The molecule has 1 saturated carbocycles. The number of benzene rings is 1. The molecule has 128 valence electrons. The van der Waals surface area contributed by atoms with Gasteiger partial charge in [0.25, 0.3) is 0 Å². The van der Waals surface area contributed by atoms with Crippen LogP contribution in [0.3, 0.4) is 0 Å². The number of hydrogen-bond donors (Lipinski definition) is 3. The zero-order valence-electron chi connectivity index (χ0n) is 14.4. The van der Waals surface area contributed by atoms with Gasteiger partial charge in [-0.25, -0.2) is 0 Å². The lowest BCUT2D eigenvalue weighted by atomic mass is 9.78. The second kappa shape index (κ2) is 7.45. The van der Waals surface area contributed by atoms with Crippen LogP contribution in [-0.4, -0.2) is 28.3 Å². The topological polar surface area (TPSA) is 69.6 Å². The van der Waals surface area contributed by atoms with Crippen LogP contribution < -0.4 is 5.32 Å². The fourth-order valence-electron chi connectivity index (χ4n) is 3.21. The molecule has 1 aliphatic rings. The summed E-state index contributed by atoms with van der Waals surface area (Å²) in [7, 11) is 0. The third kappa shape index (κ3) is 4.79. The van der Waals surface area contributed by atoms with E-state index >= 15 is 0 Å². The quantitative estimate of drug-likeness (QED) is 0.751. The van der Waals surface area contributed by atoms with E-state index in [1.165, 1.54) is 11.1 Å². The maximum Gasteiger partial charge on any atom is 0.306 e. The first kappa shape index (κ1) is 18.0. The van der Waals surface area contributed by atoms with E-state index in [0.29, 0.717) is 38.1 Å². The van der Waals surface area contributed by atoms with Crippen molar-refractivity contribution in [1.82, 2.24) is 5.32 Å². The minimum absolute atomic E-state index is 0.164. The van der Waals surface area contributed by atoms with Gasteiger partial charge in [0.05, 0.1) is 11.5 Å².